The van der Waals surface area contributed by atoms with Crippen LogP contribution in [0.2, 0.25) is 0 Å². The zero-order valence-corrected chi connectivity index (χ0v) is 12.9. The normalized spacial score (nSPS) is 22.4. The Kier molecular flexibility index (Phi) is 3.63. The molecular formula is C20H23NO. The number of benzene rings is 2. The van der Waals surface area contributed by atoms with E-state index in [-0.39, 0.29) is 0 Å². The molecule has 0 saturated heterocycles. The molecular weight excluding hydrogens is 270 g/mol. The number of aromatic nitrogens is 1. The molecule has 2 atom stereocenters. The van der Waals surface area contributed by atoms with Gasteiger partial charge in [-0.25, -0.2) is 0 Å². The smallest absolute Gasteiger partial charge is 0.0491 e. The van der Waals surface area contributed by atoms with E-state index < -0.39 is 0 Å². The minimum atomic E-state index is 0.351. The fourth-order valence-corrected chi connectivity index (χ4v) is 4.19. The first-order chi connectivity index (χ1) is 10.9. The van der Waals surface area contributed by atoms with Crippen molar-refractivity contribution < 1.29 is 5.11 Å². The van der Waals surface area contributed by atoms with Crippen molar-refractivity contribution in [3.05, 3.63) is 48.5 Å². The van der Waals surface area contributed by atoms with Gasteiger partial charge in [0.25, 0.3) is 0 Å². The molecule has 0 spiro atoms. The first-order valence-electron chi connectivity index (χ1n) is 8.43. The Balaban J connectivity index is 1.76. The molecule has 1 N–H and O–H groups in total. The molecule has 1 fully saturated rings. The average Bonchev–Trinajstić information content (AvgIpc) is 2.90. The van der Waals surface area contributed by atoms with Crippen molar-refractivity contribution in [2.45, 2.75) is 32.2 Å². The van der Waals surface area contributed by atoms with Gasteiger partial charge in [-0.2, -0.15) is 0 Å². The van der Waals surface area contributed by atoms with Crippen molar-refractivity contribution in [1.82, 2.24) is 4.57 Å². The minimum absolute atomic E-state index is 0.351. The van der Waals surface area contributed by atoms with Gasteiger partial charge < -0.3 is 9.67 Å². The van der Waals surface area contributed by atoms with Crippen molar-refractivity contribution in [3.8, 4) is 0 Å². The largest absolute Gasteiger partial charge is 0.396 e. The van der Waals surface area contributed by atoms with E-state index in [0.717, 1.165) is 13.0 Å². The van der Waals surface area contributed by atoms with Crippen LogP contribution in [-0.2, 0) is 6.54 Å². The zero-order chi connectivity index (χ0) is 14.9. The number of aliphatic hydroxyl groups is 1. The predicted octanol–water partition coefficient (Wildman–Crippen LogP) is 4.59. The Morgan fingerprint density at radius 1 is 0.864 bits per heavy atom. The highest BCUT2D eigenvalue weighted by molar-refractivity contribution is 6.07. The molecule has 3 aromatic rings. The maximum atomic E-state index is 9.47. The standard InChI is InChI=1S/C20H23NO/c22-14-16-7-5-6-15(12-16)13-21-19-10-3-1-8-17(19)18-9-2-4-11-20(18)21/h1-4,8-11,15-16,22H,5-7,12-14H2. The lowest BCUT2D eigenvalue weighted by Crippen LogP contribution is -2.22. The van der Waals surface area contributed by atoms with E-state index in [1.165, 1.54) is 41.1 Å². The van der Waals surface area contributed by atoms with E-state index in [2.05, 4.69) is 53.1 Å². The summed E-state index contributed by atoms with van der Waals surface area (Å²) in [6.07, 6.45) is 4.90. The third-order valence-electron chi connectivity index (χ3n) is 5.27. The van der Waals surface area contributed by atoms with Crippen molar-refractivity contribution in [1.29, 1.82) is 0 Å². The van der Waals surface area contributed by atoms with Gasteiger partial charge in [-0.05, 0) is 43.2 Å². The second kappa shape index (κ2) is 5.77. The van der Waals surface area contributed by atoms with Crippen LogP contribution in [0.1, 0.15) is 25.7 Å². The molecule has 1 saturated carbocycles. The Labute approximate surface area is 131 Å². The number of hydrogen-bond acceptors (Lipinski definition) is 1. The number of aliphatic hydroxyl groups excluding tert-OH is 1. The van der Waals surface area contributed by atoms with E-state index in [1.807, 2.05) is 0 Å². The molecule has 0 aliphatic heterocycles. The maximum absolute atomic E-state index is 9.47. The van der Waals surface area contributed by atoms with Crippen LogP contribution in [0.3, 0.4) is 0 Å². The molecule has 2 nitrogen and oxygen atoms in total. The van der Waals surface area contributed by atoms with E-state index in [0.29, 0.717) is 18.4 Å². The van der Waals surface area contributed by atoms with Gasteiger partial charge >= 0.3 is 0 Å². The van der Waals surface area contributed by atoms with Gasteiger partial charge in [0.1, 0.15) is 0 Å². The van der Waals surface area contributed by atoms with Gasteiger partial charge in [0, 0.05) is 35.0 Å². The van der Waals surface area contributed by atoms with Crippen LogP contribution < -0.4 is 0 Å². The lowest BCUT2D eigenvalue weighted by Gasteiger charge is -2.28. The first kappa shape index (κ1) is 13.8. The van der Waals surface area contributed by atoms with Crippen molar-refractivity contribution >= 4 is 21.8 Å². The van der Waals surface area contributed by atoms with E-state index in [4.69, 9.17) is 0 Å². The molecule has 1 aromatic heterocycles. The van der Waals surface area contributed by atoms with Gasteiger partial charge in [0.2, 0.25) is 0 Å². The predicted molar refractivity (Wildman–Crippen MR) is 92.0 cm³/mol. The van der Waals surface area contributed by atoms with E-state index in [1.54, 1.807) is 0 Å². The number of hydrogen-bond donors (Lipinski definition) is 1. The summed E-state index contributed by atoms with van der Waals surface area (Å²) in [4.78, 5) is 0. The van der Waals surface area contributed by atoms with Crippen LogP contribution in [0.4, 0.5) is 0 Å². The monoisotopic (exact) mass is 293 g/mol. The Hall–Kier alpha value is -1.80. The summed E-state index contributed by atoms with van der Waals surface area (Å²) in [7, 11) is 0. The molecule has 1 aliphatic carbocycles. The highest BCUT2D eigenvalue weighted by Gasteiger charge is 2.23. The van der Waals surface area contributed by atoms with E-state index in [9.17, 15) is 5.11 Å². The van der Waals surface area contributed by atoms with Gasteiger partial charge in [-0.15, -0.1) is 0 Å². The van der Waals surface area contributed by atoms with Crippen LogP contribution in [0.5, 0.6) is 0 Å². The Bertz CT molecular complexity index is 735. The van der Waals surface area contributed by atoms with Crippen molar-refractivity contribution in [2.24, 2.45) is 11.8 Å². The lowest BCUT2D eigenvalue weighted by molar-refractivity contribution is 0.154. The summed E-state index contributed by atoms with van der Waals surface area (Å²) in [5.74, 6) is 1.19. The van der Waals surface area contributed by atoms with Gasteiger partial charge in [0.05, 0.1) is 0 Å². The summed E-state index contributed by atoms with van der Waals surface area (Å²) >= 11 is 0. The van der Waals surface area contributed by atoms with Crippen molar-refractivity contribution in [2.75, 3.05) is 6.61 Å². The summed E-state index contributed by atoms with van der Waals surface area (Å²) in [5.41, 5.74) is 2.68. The van der Waals surface area contributed by atoms with Gasteiger partial charge in [-0.3, -0.25) is 0 Å². The Morgan fingerprint density at radius 2 is 1.45 bits per heavy atom. The molecule has 22 heavy (non-hydrogen) atoms. The summed E-state index contributed by atoms with van der Waals surface area (Å²) < 4.78 is 2.50. The molecule has 2 aromatic carbocycles. The van der Waals surface area contributed by atoms with Crippen molar-refractivity contribution in [3.63, 3.8) is 0 Å². The molecule has 2 heteroatoms. The average molecular weight is 293 g/mol. The van der Waals surface area contributed by atoms with Gasteiger partial charge in [-0.1, -0.05) is 42.8 Å². The van der Waals surface area contributed by atoms with Crippen LogP contribution in [0.15, 0.2) is 48.5 Å². The summed E-state index contributed by atoms with van der Waals surface area (Å²) in [5, 5.41) is 12.2. The number of fused-ring (bicyclic) bond motifs is 3. The first-order valence-corrected chi connectivity index (χ1v) is 8.43. The molecule has 114 valence electrons. The lowest BCUT2D eigenvalue weighted by atomic mass is 9.82. The second-order valence-corrected chi connectivity index (χ2v) is 6.73. The second-order valence-electron chi connectivity index (χ2n) is 6.73. The quantitative estimate of drug-likeness (QED) is 0.750. The number of para-hydroxylation sites is 2. The molecule has 0 bridgehead atoms. The molecule has 1 heterocycles. The third-order valence-corrected chi connectivity index (χ3v) is 5.27. The molecule has 4 rings (SSSR count). The zero-order valence-electron chi connectivity index (χ0n) is 12.9. The molecule has 0 amide bonds. The minimum Gasteiger partial charge on any atom is -0.396 e. The summed E-state index contributed by atoms with van der Waals surface area (Å²) in [6, 6.07) is 17.5. The maximum Gasteiger partial charge on any atom is 0.0491 e. The molecule has 2 unspecified atom stereocenters. The number of nitrogens with zero attached hydrogens (tertiary/aromatic N) is 1. The summed E-state index contributed by atoms with van der Waals surface area (Å²) in [6.45, 7) is 1.42. The highest BCUT2D eigenvalue weighted by Crippen LogP contribution is 2.34. The fourth-order valence-electron chi connectivity index (χ4n) is 4.19. The van der Waals surface area contributed by atoms with Crippen LogP contribution in [0, 0.1) is 11.8 Å². The van der Waals surface area contributed by atoms with E-state index >= 15 is 0 Å². The van der Waals surface area contributed by atoms with Crippen LogP contribution >= 0.6 is 0 Å². The van der Waals surface area contributed by atoms with Gasteiger partial charge in [0.15, 0.2) is 0 Å². The molecule has 0 radical (unpaired) electrons. The number of rotatable bonds is 3. The highest BCUT2D eigenvalue weighted by atomic mass is 16.3. The van der Waals surface area contributed by atoms with Crippen LogP contribution in [-0.4, -0.2) is 16.3 Å². The third kappa shape index (κ3) is 2.32. The topological polar surface area (TPSA) is 25.2 Å². The fraction of sp³-hybridized carbons (Fsp3) is 0.400. The molecule has 1 aliphatic rings. The SMILES string of the molecule is OCC1CCCC(Cn2c3ccccc3c3ccccc32)C1. The van der Waals surface area contributed by atoms with Crippen LogP contribution in [0.25, 0.3) is 21.8 Å². The Morgan fingerprint density at radius 3 is 2.09 bits per heavy atom.